The lowest BCUT2D eigenvalue weighted by atomic mass is 9.76. The topological polar surface area (TPSA) is 45.7 Å². The summed E-state index contributed by atoms with van der Waals surface area (Å²) in [5.41, 5.74) is 1.47. The minimum Gasteiger partial charge on any atom is -0.378 e. The molecule has 1 saturated carbocycles. The highest BCUT2D eigenvalue weighted by Crippen LogP contribution is 2.50. The third-order valence-corrected chi connectivity index (χ3v) is 6.12. The minimum atomic E-state index is 0.206. The molecule has 0 aromatic carbocycles. The van der Waals surface area contributed by atoms with Crippen molar-refractivity contribution in [3.63, 3.8) is 0 Å². The zero-order chi connectivity index (χ0) is 16.4. The van der Waals surface area contributed by atoms with Crippen LogP contribution in [0.2, 0.25) is 0 Å². The summed E-state index contributed by atoms with van der Waals surface area (Å²) >= 11 is 0. The second kappa shape index (κ2) is 6.81. The van der Waals surface area contributed by atoms with Crippen molar-refractivity contribution >= 4 is 5.91 Å². The Morgan fingerprint density at radius 1 is 1.29 bits per heavy atom. The molecule has 5 nitrogen and oxygen atoms in total. The van der Waals surface area contributed by atoms with E-state index in [1.165, 1.54) is 18.4 Å². The van der Waals surface area contributed by atoms with Gasteiger partial charge >= 0.3 is 0 Å². The van der Waals surface area contributed by atoms with E-state index < -0.39 is 0 Å². The first-order valence-corrected chi connectivity index (χ1v) is 9.25. The Balaban J connectivity index is 1.43. The number of carbonyl (C=O) groups is 1. The Bertz CT molecular complexity index is 573. The molecule has 0 N–H and O–H groups in total. The predicted octanol–water partition coefficient (Wildman–Crippen LogP) is 1.93. The van der Waals surface area contributed by atoms with Crippen LogP contribution >= 0.6 is 0 Å². The number of morpholine rings is 1. The number of nitrogens with zero attached hydrogens (tertiary/aromatic N) is 3. The molecule has 1 aliphatic carbocycles. The molecule has 1 spiro atoms. The van der Waals surface area contributed by atoms with Crippen LogP contribution in [0.4, 0.5) is 0 Å². The fraction of sp³-hybridized carbons (Fsp3) is 0.684. The highest BCUT2D eigenvalue weighted by Gasteiger charge is 2.51. The maximum atomic E-state index is 13.1. The molecule has 0 bridgehead atoms. The lowest BCUT2D eigenvalue weighted by molar-refractivity contribution is -0.143. The molecule has 0 radical (unpaired) electrons. The molecule has 24 heavy (non-hydrogen) atoms. The highest BCUT2D eigenvalue weighted by molar-refractivity contribution is 5.80. The largest absolute Gasteiger partial charge is 0.378 e. The van der Waals surface area contributed by atoms with Crippen molar-refractivity contribution in [1.82, 2.24) is 14.8 Å². The van der Waals surface area contributed by atoms with Crippen LogP contribution in [0.1, 0.15) is 31.2 Å². The van der Waals surface area contributed by atoms with E-state index in [0.29, 0.717) is 19.1 Å². The number of rotatable bonds is 3. The summed E-state index contributed by atoms with van der Waals surface area (Å²) in [5.74, 6) is 0.605. The van der Waals surface area contributed by atoms with Gasteiger partial charge in [-0.05, 0) is 42.9 Å². The molecule has 130 valence electrons. The van der Waals surface area contributed by atoms with Gasteiger partial charge < -0.3 is 9.64 Å². The molecule has 3 fully saturated rings. The van der Waals surface area contributed by atoms with Crippen LogP contribution in [0.15, 0.2) is 24.5 Å². The van der Waals surface area contributed by atoms with Crippen LogP contribution in [0.3, 0.4) is 0 Å². The summed E-state index contributed by atoms with van der Waals surface area (Å²) in [6.45, 7) is 6.03. The summed E-state index contributed by atoms with van der Waals surface area (Å²) in [6.07, 6.45) is 8.41. The van der Waals surface area contributed by atoms with Gasteiger partial charge in [-0.1, -0.05) is 12.5 Å². The third-order valence-electron chi connectivity index (χ3n) is 6.12. The highest BCUT2D eigenvalue weighted by atomic mass is 16.5. The van der Waals surface area contributed by atoms with E-state index in [2.05, 4.69) is 16.0 Å². The average Bonchev–Trinajstić information content (AvgIpc) is 3.23. The summed E-state index contributed by atoms with van der Waals surface area (Å²) in [4.78, 5) is 21.9. The fourth-order valence-electron chi connectivity index (χ4n) is 4.89. The molecule has 4 rings (SSSR count). The van der Waals surface area contributed by atoms with Crippen LogP contribution in [0, 0.1) is 11.3 Å². The molecule has 2 saturated heterocycles. The molecule has 1 aromatic heterocycles. The van der Waals surface area contributed by atoms with Crippen molar-refractivity contribution in [3.05, 3.63) is 30.1 Å². The van der Waals surface area contributed by atoms with Gasteiger partial charge in [0.1, 0.15) is 0 Å². The van der Waals surface area contributed by atoms with E-state index in [9.17, 15) is 4.79 Å². The van der Waals surface area contributed by atoms with Gasteiger partial charge in [-0.15, -0.1) is 0 Å². The quantitative estimate of drug-likeness (QED) is 0.850. The Morgan fingerprint density at radius 2 is 2.17 bits per heavy atom. The number of likely N-dealkylation sites (tertiary alicyclic amines) is 1. The van der Waals surface area contributed by atoms with Crippen molar-refractivity contribution in [1.29, 1.82) is 0 Å². The summed E-state index contributed by atoms with van der Waals surface area (Å²) < 4.78 is 5.40. The molecule has 5 heteroatoms. The first-order valence-electron chi connectivity index (χ1n) is 9.25. The second-order valence-electron chi connectivity index (χ2n) is 7.57. The number of amides is 1. The van der Waals surface area contributed by atoms with Gasteiger partial charge in [0.15, 0.2) is 0 Å². The summed E-state index contributed by atoms with van der Waals surface area (Å²) in [6, 6.07) is 4.14. The molecule has 1 amide bonds. The average molecular weight is 329 g/mol. The number of aromatic nitrogens is 1. The van der Waals surface area contributed by atoms with Crippen LogP contribution in [-0.2, 0) is 16.1 Å². The lowest BCUT2D eigenvalue weighted by Gasteiger charge is -2.36. The maximum absolute atomic E-state index is 13.1. The Hall–Kier alpha value is -1.46. The zero-order valence-corrected chi connectivity index (χ0v) is 14.3. The van der Waals surface area contributed by atoms with Gasteiger partial charge in [-0.2, -0.15) is 0 Å². The van der Waals surface area contributed by atoms with Crippen LogP contribution < -0.4 is 0 Å². The third kappa shape index (κ3) is 3.07. The number of carbonyl (C=O) groups excluding carboxylic acids is 1. The first-order chi connectivity index (χ1) is 11.8. The molecule has 1 aromatic rings. The first kappa shape index (κ1) is 16.0. The Kier molecular flexibility index (Phi) is 4.55. The smallest absolute Gasteiger partial charge is 0.226 e. The molecular weight excluding hydrogens is 302 g/mol. The van der Waals surface area contributed by atoms with Gasteiger partial charge in [0.05, 0.1) is 13.2 Å². The summed E-state index contributed by atoms with van der Waals surface area (Å²) in [5, 5.41) is 0. The number of hydrogen-bond donors (Lipinski definition) is 0. The van der Waals surface area contributed by atoms with E-state index >= 15 is 0 Å². The van der Waals surface area contributed by atoms with E-state index in [1.54, 1.807) is 0 Å². The van der Waals surface area contributed by atoms with E-state index in [4.69, 9.17) is 4.74 Å². The molecule has 3 aliphatic rings. The van der Waals surface area contributed by atoms with Crippen LogP contribution in [0.5, 0.6) is 0 Å². The van der Waals surface area contributed by atoms with Gasteiger partial charge in [-0.25, -0.2) is 0 Å². The van der Waals surface area contributed by atoms with E-state index in [0.717, 1.165) is 45.6 Å². The summed E-state index contributed by atoms with van der Waals surface area (Å²) in [7, 11) is 0. The number of hydrogen-bond acceptors (Lipinski definition) is 4. The Labute approximate surface area is 144 Å². The van der Waals surface area contributed by atoms with Gasteiger partial charge in [0, 0.05) is 44.5 Å². The standard InChI is InChI=1S/C19H27N3O2/c23-18(22-9-11-24-12-10-22)17-4-1-5-19(17)6-8-21(15-19)14-16-3-2-7-20-13-16/h2-3,7,13,17H,1,4-6,8-12,14-15H2/t17-,19-/m1/s1. The lowest BCUT2D eigenvalue weighted by Crippen LogP contribution is -2.47. The SMILES string of the molecule is O=C([C@H]1CCC[C@]12CCN(Cc1cccnc1)C2)N1CCOCC1. The van der Waals surface area contributed by atoms with Crippen LogP contribution in [-0.4, -0.2) is 60.1 Å². The van der Waals surface area contributed by atoms with Crippen LogP contribution in [0.25, 0.3) is 0 Å². The fourth-order valence-corrected chi connectivity index (χ4v) is 4.89. The van der Waals surface area contributed by atoms with Gasteiger partial charge in [0.25, 0.3) is 0 Å². The minimum absolute atomic E-state index is 0.206. The number of ether oxygens (including phenoxy) is 1. The van der Waals surface area contributed by atoms with Crippen molar-refractivity contribution in [2.24, 2.45) is 11.3 Å². The van der Waals surface area contributed by atoms with Crippen molar-refractivity contribution < 1.29 is 9.53 Å². The van der Waals surface area contributed by atoms with Crippen molar-refractivity contribution in [3.8, 4) is 0 Å². The number of pyridine rings is 1. The molecule has 3 heterocycles. The monoisotopic (exact) mass is 329 g/mol. The van der Waals surface area contributed by atoms with Gasteiger partial charge in [-0.3, -0.25) is 14.7 Å². The van der Waals surface area contributed by atoms with E-state index in [1.807, 2.05) is 23.4 Å². The maximum Gasteiger partial charge on any atom is 0.226 e. The van der Waals surface area contributed by atoms with Crippen molar-refractivity contribution in [2.45, 2.75) is 32.2 Å². The van der Waals surface area contributed by atoms with Gasteiger partial charge in [0.2, 0.25) is 5.91 Å². The molecule has 0 unspecified atom stereocenters. The van der Waals surface area contributed by atoms with Crippen molar-refractivity contribution in [2.75, 3.05) is 39.4 Å². The molecular formula is C19H27N3O2. The molecule has 2 atom stereocenters. The Morgan fingerprint density at radius 3 is 2.96 bits per heavy atom. The predicted molar refractivity (Wildman–Crippen MR) is 91.3 cm³/mol. The van der Waals surface area contributed by atoms with E-state index in [-0.39, 0.29) is 11.3 Å². The normalized spacial score (nSPS) is 31.0. The molecule has 2 aliphatic heterocycles. The zero-order valence-electron chi connectivity index (χ0n) is 14.3. The second-order valence-corrected chi connectivity index (χ2v) is 7.57.